The molecule has 0 heterocycles. The minimum absolute atomic E-state index is 0.0736. The van der Waals surface area contributed by atoms with Crippen molar-refractivity contribution in [2.24, 2.45) is 5.73 Å². The van der Waals surface area contributed by atoms with Gasteiger partial charge in [-0.3, -0.25) is 5.32 Å². The van der Waals surface area contributed by atoms with Crippen LogP contribution in [0.1, 0.15) is 32.4 Å². The van der Waals surface area contributed by atoms with Gasteiger partial charge in [-0.1, -0.05) is 6.07 Å². The fraction of sp³-hybridized carbons (Fsp3) is 0.462. The van der Waals surface area contributed by atoms with Gasteiger partial charge in [-0.05, 0) is 32.9 Å². The molecule has 0 spiro atoms. The Labute approximate surface area is 111 Å². The van der Waals surface area contributed by atoms with E-state index in [4.69, 9.17) is 10.5 Å². The third-order valence-corrected chi connectivity index (χ3v) is 2.23. The van der Waals surface area contributed by atoms with Crippen LogP contribution in [-0.2, 0) is 4.74 Å². The van der Waals surface area contributed by atoms with E-state index in [9.17, 15) is 14.3 Å². The largest absolute Gasteiger partial charge is 0.444 e. The van der Waals surface area contributed by atoms with Crippen LogP contribution in [0.2, 0.25) is 0 Å². The first-order valence-electron chi connectivity index (χ1n) is 5.90. The van der Waals surface area contributed by atoms with Crippen molar-refractivity contribution in [3.8, 4) is 0 Å². The molecule has 1 unspecified atom stereocenters. The Morgan fingerprint density at radius 3 is 2.63 bits per heavy atom. The smallest absolute Gasteiger partial charge is 0.412 e. The number of amides is 1. The van der Waals surface area contributed by atoms with Gasteiger partial charge in [0.25, 0.3) is 0 Å². The number of carbonyl (C=O) groups is 1. The summed E-state index contributed by atoms with van der Waals surface area (Å²) in [5.41, 5.74) is 4.97. The van der Waals surface area contributed by atoms with Crippen LogP contribution >= 0.6 is 0 Å². The van der Waals surface area contributed by atoms with Gasteiger partial charge in [0, 0.05) is 17.8 Å². The first-order chi connectivity index (χ1) is 8.73. The molecule has 0 saturated carbocycles. The lowest BCUT2D eigenvalue weighted by Gasteiger charge is -2.20. The van der Waals surface area contributed by atoms with Gasteiger partial charge in [0.15, 0.2) is 0 Å². The maximum Gasteiger partial charge on any atom is 0.412 e. The summed E-state index contributed by atoms with van der Waals surface area (Å²) in [6, 6.07) is 3.96. The van der Waals surface area contributed by atoms with E-state index in [1.54, 1.807) is 20.8 Å². The van der Waals surface area contributed by atoms with E-state index < -0.39 is 23.6 Å². The Morgan fingerprint density at radius 1 is 1.53 bits per heavy atom. The third-order valence-electron chi connectivity index (χ3n) is 2.23. The molecule has 0 radical (unpaired) electrons. The Kier molecular flexibility index (Phi) is 4.85. The zero-order valence-corrected chi connectivity index (χ0v) is 11.2. The number of aliphatic hydroxyl groups excluding tert-OH is 1. The highest BCUT2D eigenvalue weighted by molar-refractivity contribution is 5.84. The minimum Gasteiger partial charge on any atom is -0.444 e. The van der Waals surface area contributed by atoms with Gasteiger partial charge < -0.3 is 15.6 Å². The molecular weight excluding hydrogens is 251 g/mol. The number of aliphatic hydroxyl groups is 1. The van der Waals surface area contributed by atoms with E-state index in [2.05, 4.69) is 5.32 Å². The molecule has 1 rings (SSSR count). The van der Waals surface area contributed by atoms with E-state index in [0.717, 1.165) is 6.07 Å². The molecule has 0 aliphatic heterocycles. The molecule has 106 valence electrons. The Morgan fingerprint density at radius 2 is 2.16 bits per heavy atom. The number of carbonyl (C=O) groups excluding carboxylic acids is 1. The summed E-state index contributed by atoms with van der Waals surface area (Å²) in [6.45, 7) is 5.12. The van der Waals surface area contributed by atoms with Crippen LogP contribution in [0.3, 0.4) is 0 Å². The molecule has 1 aromatic rings. The van der Waals surface area contributed by atoms with Crippen molar-refractivity contribution in [1.82, 2.24) is 0 Å². The fourth-order valence-electron chi connectivity index (χ4n) is 1.42. The molecule has 0 saturated heterocycles. The number of hydrogen-bond acceptors (Lipinski definition) is 4. The second-order valence-electron chi connectivity index (χ2n) is 5.11. The summed E-state index contributed by atoms with van der Waals surface area (Å²) in [5, 5.41) is 11.9. The number of nitrogens with two attached hydrogens (primary N) is 1. The van der Waals surface area contributed by atoms with E-state index in [1.807, 2.05) is 0 Å². The molecule has 0 aliphatic carbocycles. The van der Waals surface area contributed by atoms with Crippen LogP contribution < -0.4 is 11.1 Å². The second kappa shape index (κ2) is 5.99. The number of ether oxygens (including phenoxy) is 1. The molecule has 1 aromatic carbocycles. The van der Waals surface area contributed by atoms with Crippen molar-refractivity contribution in [2.75, 3.05) is 11.9 Å². The Hall–Kier alpha value is -1.66. The summed E-state index contributed by atoms with van der Waals surface area (Å²) in [4.78, 5) is 11.5. The highest BCUT2D eigenvalue weighted by atomic mass is 19.1. The fourth-order valence-corrected chi connectivity index (χ4v) is 1.42. The normalized spacial score (nSPS) is 12.9. The first-order valence-corrected chi connectivity index (χ1v) is 5.90. The highest BCUT2D eigenvalue weighted by Gasteiger charge is 2.17. The molecule has 1 amide bonds. The average molecular weight is 270 g/mol. The lowest BCUT2D eigenvalue weighted by molar-refractivity contribution is 0.0636. The molecule has 5 nitrogen and oxygen atoms in total. The Balaban J connectivity index is 2.76. The number of rotatable bonds is 3. The first kappa shape index (κ1) is 15.4. The molecular formula is C13H19FN2O3. The minimum atomic E-state index is -1.06. The summed E-state index contributed by atoms with van der Waals surface area (Å²) in [5.74, 6) is -0.633. The van der Waals surface area contributed by atoms with Crippen LogP contribution in [0.15, 0.2) is 18.2 Å². The SMILES string of the molecule is CC(C)(C)OC(=O)Nc1ccc(C(O)CN)c(F)c1. The Bertz CT molecular complexity index is 458. The maximum absolute atomic E-state index is 13.7. The molecule has 6 heteroatoms. The molecule has 0 aromatic heterocycles. The lowest BCUT2D eigenvalue weighted by atomic mass is 10.1. The van der Waals surface area contributed by atoms with Crippen molar-refractivity contribution in [1.29, 1.82) is 0 Å². The predicted molar refractivity (Wildman–Crippen MR) is 70.3 cm³/mol. The summed E-state index contributed by atoms with van der Waals surface area (Å²) in [6.07, 6.45) is -1.73. The van der Waals surface area contributed by atoms with E-state index >= 15 is 0 Å². The number of anilines is 1. The van der Waals surface area contributed by atoms with Gasteiger partial charge in [0.1, 0.15) is 11.4 Å². The van der Waals surface area contributed by atoms with Gasteiger partial charge in [-0.25, -0.2) is 9.18 Å². The number of benzene rings is 1. The van der Waals surface area contributed by atoms with Gasteiger partial charge >= 0.3 is 6.09 Å². The molecule has 4 N–H and O–H groups in total. The molecule has 0 bridgehead atoms. The van der Waals surface area contributed by atoms with Crippen molar-refractivity contribution >= 4 is 11.8 Å². The highest BCUT2D eigenvalue weighted by Crippen LogP contribution is 2.20. The van der Waals surface area contributed by atoms with Crippen LogP contribution in [0, 0.1) is 5.82 Å². The van der Waals surface area contributed by atoms with E-state index in [1.165, 1.54) is 12.1 Å². The third kappa shape index (κ3) is 4.84. The zero-order valence-electron chi connectivity index (χ0n) is 11.2. The molecule has 19 heavy (non-hydrogen) atoms. The van der Waals surface area contributed by atoms with E-state index in [0.29, 0.717) is 0 Å². The van der Waals surface area contributed by atoms with Crippen LogP contribution in [0.5, 0.6) is 0 Å². The van der Waals surface area contributed by atoms with Crippen LogP contribution in [0.25, 0.3) is 0 Å². The zero-order chi connectivity index (χ0) is 14.6. The van der Waals surface area contributed by atoms with Crippen molar-refractivity contribution in [3.05, 3.63) is 29.6 Å². The van der Waals surface area contributed by atoms with Crippen molar-refractivity contribution in [2.45, 2.75) is 32.5 Å². The lowest BCUT2D eigenvalue weighted by Crippen LogP contribution is -2.27. The van der Waals surface area contributed by atoms with E-state index in [-0.39, 0.29) is 17.8 Å². The van der Waals surface area contributed by atoms with Crippen LogP contribution in [-0.4, -0.2) is 23.3 Å². The second-order valence-corrected chi connectivity index (χ2v) is 5.11. The van der Waals surface area contributed by atoms with Crippen LogP contribution in [0.4, 0.5) is 14.9 Å². The molecule has 0 fully saturated rings. The topological polar surface area (TPSA) is 84.6 Å². The number of hydrogen-bond donors (Lipinski definition) is 3. The van der Waals surface area contributed by atoms with Gasteiger partial charge in [-0.15, -0.1) is 0 Å². The summed E-state index contributed by atoms with van der Waals surface area (Å²) < 4.78 is 18.7. The monoisotopic (exact) mass is 270 g/mol. The summed E-state index contributed by atoms with van der Waals surface area (Å²) in [7, 11) is 0. The van der Waals surface area contributed by atoms with Gasteiger partial charge in [0.05, 0.1) is 6.10 Å². The van der Waals surface area contributed by atoms with Gasteiger partial charge in [0.2, 0.25) is 0 Å². The quantitative estimate of drug-likeness (QED) is 0.785. The average Bonchev–Trinajstić information content (AvgIpc) is 2.25. The summed E-state index contributed by atoms with van der Waals surface area (Å²) >= 11 is 0. The van der Waals surface area contributed by atoms with Crippen molar-refractivity contribution < 1.29 is 19.0 Å². The molecule has 1 atom stereocenters. The standard InChI is InChI=1S/C13H19FN2O3/c1-13(2,3)19-12(18)16-8-4-5-9(10(14)6-8)11(17)7-15/h4-6,11,17H,7,15H2,1-3H3,(H,16,18). The number of halogens is 1. The van der Waals surface area contributed by atoms with Gasteiger partial charge in [-0.2, -0.15) is 0 Å². The molecule has 0 aliphatic rings. The number of nitrogens with one attached hydrogen (secondary N) is 1. The van der Waals surface area contributed by atoms with Crippen molar-refractivity contribution in [3.63, 3.8) is 0 Å². The maximum atomic E-state index is 13.7. The predicted octanol–water partition coefficient (Wildman–Crippen LogP) is 2.16.